The van der Waals surface area contributed by atoms with Crippen molar-refractivity contribution in [3.05, 3.63) is 58.6 Å². The first kappa shape index (κ1) is 34.6. The molecule has 1 aromatic heterocycles. The maximum absolute atomic E-state index is 14.1. The smallest absolute Gasteiger partial charge is 0.307 e. The molecular weight excluding hydrogens is 585 g/mol. The molecule has 0 spiro atoms. The largest absolute Gasteiger partial charge is 0.481 e. The van der Waals surface area contributed by atoms with Crippen LogP contribution < -0.4 is 5.32 Å². The van der Waals surface area contributed by atoms with Crippen molar-refractivity contribution in [2.45, 2.75) is 90.4 Å². The zero-order chi connectivity index (χ0) is 31.0. The number of para-hydroxylation sites is 1. The number of nitrogens with zero attached hydrogens (tertiary/aromatic N) is 4. The van der Waals surface area contributed by atoms with E-state index in [0.717, 1.165) is 37.8 Å². The van der Waals surface area contributed by atoms with E-state index >= 15 is 0 Å². The van der Waals surface area contributed by atoms with Crippen LogP contribution in [-0.4, -0.2) is 50.5 Å². The molecule has 1 aliphatic heterocycles. The predicted octanol–water partition coefficient (Wildman–Crippen LogP) is 8.15. The van der Waals surface area contributed by atoms with E-state index < -0.39 is 17.8 Å². The minimum absolute atomic E-state index is 0.216. The van der Waals surface area contributed by atoms with Crippen molar-refractivity contribution in [1.82, 2.24) is 14.5 Å². The Morgan fingerprint density at radius 2 is 1.65 bits per heavy atom. The second-order valence-electron chi connectivity index (χ2n) is 11.3. The average Bonchev–Trinajstić information content (AvgIpc) is 3.62. The van der Waals surface area contributed by atoms with Crippen molar-refractivity contribution in [1.29, 1.82) is 0 Å². The first-order valence-corrected chi connectivity index (χ1v) is 16.5. The molecule has 1 aromatic carbocycles. The van der Waals surface area contributed by atoms with Crippen LogP contribution in [0.3, 0.4) is 0 Å². The molecule has 43 heavy (non-hydrogen) atoms. The number of imidazole rings is 1. The number of unbranched alkanes of at least 4 members (excludes halogenated alkanes) is 9. The van der Waals surface area contributed by atoms with Gasteiger partial charge in [-0.3, -0.25) is 19.5 Å². The number of aromatic nitrogens is 2. The minimum atomic E-state index is -0.989. The summed E-state index contributed by atoms with van der Waals surface area (Å²) in [6.07, 6.45) is 21.2. The van der Waals surface area contributed by atoms with Crippen molar-refractivity contribution in [2.75, 3.05) is 18.4 Å². The Labute approximate surface area is 266 Å². The number of carbonyl (C=O) groups excluding carboxylic acids is 1. The van der Waals surface area contributed by atoms with Gasteiger partial charge in [0.05, 0.1) is 40.4 Å². The second-order valence-corrected chi connectivity index (χ2v) is 12.1. The van der Waals surface area contributed by atoms with E-state index in [0.29, 0.717) is 41.2 Å². The quantitative estimate of drug-likeness (QED) is 0.120. The SMILES string of the molecule is CCCCCCCC/C=C\CCCCCC(C(=O)N1CCN=C1Nc1c(Cl)cccc1Cl)C(Cc1cncn1C)C(=O)O. The summed E-state index contributed by atoms with van der Waals surface area (Å²) in [5.41, 5.74) is 1.24. The fourth-order valence-corrected chi connectivity index (χ4v) is 5.98. The number of amides is 1. The number of allylic oxidation sites excluding steroid dienone is 2. The van der Waals surface area contributed by atoms with Crippen molar-refractivity contribution in [3.8, 4) is 0 Å². The van der Waals surface area contributed by atoms with Crippen LogP contribution >= 0.6 is 23.2 Å². The number of carboxylic acids is 1. The molecule has 236 valence electrons. The number of guanidine groups is 1. The van der Waals surface area contributed by atoms with Crippen LogP contribution in [0, 0.1) is 11.8 Å². The minimum Gasteiger partial charge on any atom is -0.481 e. The molecule has 1 amide bonds. The number of carbonyl (C=O) groups is 2. The van der Waals surface area contributed by atoms with Gasteiger partial charge in [0, 0.05) is 31.9 Å². The number of aliphatic imine (C=N–C) groups is 1. The third-order valence-corrected chi connectivity index (χ3v) is 8.68. The number of hydrogen-bond acceptors (Lipinski definition) is 5. The summed E-state index contributed by atoms with van der Waals surface area (Å²) in [6.45, 7) is 3.01. The molecular formula is C33H47Cl2N5O3. The lowest BCUT2D eigenvalue weighted by Crippen LogP contribution is -2.45. The lowest BCUT2D eigenvalue weighted by Gasteiger charge is -2.29. The molecule has 0 aliphatic carbocycles. The lowest BCUT2D eigenvalue weighted by atomic mass is 9.83. The molecule has 0 radical (unpaired) electrons. The fourth-order valence-electron chi connectivity index (χ4n) is 5.48. The summed E-state index contributed by atoms with van der Waals surface area (Å²) < 4.78 is 1.80. The Hall–Kier alpha value is -2.84. The number of carboxylic acid groups (broad SMARTS) is 1. The van der Waals surface area contributed by atoms with E-state index in [4.69, 9.17) is 23.2 Å². The molecule has 2 atom stereocenters. The van der Waals surface area contributed by atoms with Gasteiger partial charge in [-0.15, -0.1) is 0 Å². The number of anilines is 1. The molecule has 0 bridgehead atoms. The third-order valence-electron chi connectivity index (χ3n) is 8.05. The third kappa shape index (κ3) is 11.0. The maximum Gasteiger partial charge on any atom is 0.307 e. The van der Waals surface area contributed by atoms with Gasteiger partial charge in [0.2, 0.25) is 11.9 Å². The number of aliphatic carboxylic acids is 1. The summed E-state index contributed by atoms with van der Waals surface area (Å²) in [7, 11) is 1.83. The molecule has 3 rings (SSSR count). The van der Waals surface area contributed by atoms with Gasteiger partial charge in [0.1, 0.15) is 0 Å². The van der Waals surface area contributed by atoms with Gasteiger partial charge < -0.3 is 15.0 Å². The average molecular weight is 633 g/mol. The Bertz CT molecular complexity index is 1210. The molecule has 10 heteroatoms. The Kier molecular flexibility index (Phi) is 15.1. The maximum atomic E-state index is 14.1. The Morgan fingerprint density at radius 1 is 1.00 bits per heavy atom. The monoisotopic (exact) mass is 631 g/mol. The number of nitrogens with one attached hydrogen (secondary N) is 1. The van der Waals surface area contributed by atoms with E-state index in [9.17, 15) is 14.7 Å². The molecule has 2 aromatic rings. The molecule has 2 heterocycles. The number of hydrogen-bond donors (Lipinski definition) is 2. The van der Waals surface area contributed by atoms with Gasteiger partial charge >= 0.3 is 5.97 Å². The highest BCUT2D eigenvalue weighted by Gasteiger charge is 2.39. The standard InChI is InChI=1S/C33H47Cl2N5O3/c1-3-4-5-6-7-8-9-10-11-12-13-14-15-17-26(27(32(42)43)22-25-23-36-24-39(25)2)31(41)40-21-20-37-33(40)38-30-28(34)18-16-19-29(30)35/h10-11,16,18-19,23-24,26-27H,3-9,12-15,17,20-22H2,1-2H3,(H,37,38)(H,42,43)/b11-10-. The Balaban J connectivity index is 1.62. The van der Waals surface area contributed by atoms with Crippen LogP contribution in [0.15, 0.2) is 47.9 Å². The van der Waals surface area contributed by atoms with E-state index in [1.165, 1.54) is 38.5 Å². The van der Waals surface area contributed by atoms with Crippen molar-refractivity contribution >= 4 is 46.7 Å². The number of halogens is 2. The van der Waals surface area contributed by atoms with Gasteiger partial charge in [0.25, 0.3) is 0 Å². The van der Waals surface area contributed by atoms with Gasteiger partial charge in [-0.25, -0.2) is 4.98 Å². The van der Waals surface area contributed by atoms with Gasteiger partial charge in [-0.2, -0.15) is 0 Å². The molecule has 8 nitrogen and oxygen atoms in total. The number of aryl methyl sites for hydroxylation is 1. The van der Waals surface area contributed by atoms with Crippen molar-refractivity contribution in [2.24, 2.45) is 23.9 Å². The normalized spacial score (nSPS) is 14.7. The predicted molar refractivity (Wildman–Crippen MR) is 176 cm³/mol. The first-order chi connectivity index (χ1) is 20.8. The number of rotatable bonds is 19. The zero-order valence-corrected chi connectivity index (χ0v) is 27.1. The molecule has 2 unspecified atom stereocenters. The topological polar surface area (TPSA) is 99.8 Å². The molecule has 0 fully saturated rings. The zero-order valence-electron chi connectivity index (χ0n) is 25.6. The van der Waals surface area contributed by atoms with E-state index in [-0.39, 0.29) is 12.3 Å². The molecule has 0 saturated heterocycles. The summed E-state index contributed by atoms with van der Waals surface area (Å²) in [6, 6.07) is 5.16. The van der Waals surface area contributed by atoms with Gasteiger partial charge in [-0.1, -0.05) is 93.3 Å². The summed E-state index contributed by atoms with van der Waals surface area (Å²) in [5.74, 6) is -2.52. The van der Waals surface area contributed by atoms with Gasteiger partial charge in [0.15, 0.2) is 0 Å². The summed E-state index contributed by atoms with van der Waals surface area (Å²) in [4.78, 5) is 36.9. The molecule has 1 aliphatic rings. The number of benzene rings is 1. The molecule has 0 saturated carbocycles. The van der Waals surface area contributed by atoms with Crippen LogP contribution in [-0.2, 0) is 23.1 Å². The highest BCUT2D eigenvalue weighted by molar-refractivity contribution is 6.39. The van der Waals surface area contributed by atoms with E-state index in [1.54, 1.807) is 40.2 Å². The van der Waals surface area contributed by atoms with Crippen LogP contribution in [0.2, 0.25) is 10.0 Å². The highest BCUT2D eigenvalue weighted by atomic mass is 35.5. The van der Waals surface area contributed by atoms with Crippen molar-refractivity contribution < 1.29 is 14.7 Å². The van der Waals surface area contributed by atoms with Crippen LogP contribution in [0.1, 0.15) is 89.7 Å². The van der Waals surface area contributed by atoms with Crippen LogP contribution in [0.4, 0.5) is 5.69 Å². The fraction of sp³-hybridized carbons (Fsp3) is 0.576. The Morgan fingerprint density at radius 3 is 2.28 bits per heavy atom. The highest BCUT2D eigenvalue weighted by Crippen LogP contribution is 2.32. The van der Waals surface area contributed by atoms with Crippen molar-refractivity contribution in [3.63, 3.8) is 0 Å². The van der Waals surface area contributed by atoms with Gasteiger partial charge in [-0.05, 0) is 44.2 Å². The summed E-state index contributed by atoms with van der Waals surface area (Å²) >= 11 is 12.7. The van der Waals surface area contributed by atoms with E-state index in [1.807, 2.05) is 7.05 Å². The van der Waals surface area contributed by atoms with Crippen LogP contribution in [0.25, 0.3) is 0 Å². The molecule has 2 N–H and O–H groups in total. The van der Waals surface area contributed by atoms with E-state index in [2.05, 4.69) is 34.4 Å². The first-order valence-electron chi connectivity index (χ1n) is 15.7. The second kappa shape index (κ2) is 18.7. The lowest BCUT2D eigenvalue weighted by molar-refractivity contribution is -0.149. The summed E-state index contributed by atoms with van der Waals surface area (Å²) in [5, 5.41) is 14.3. The van der Waals surface area contributed by atoms with Crippen LogP contribution in [0.5, 0.6) is 0 Å².